The van der Waals surface area contributed by atoms with E-state index in [0.29, 0.717) is 5.69 Å². The van der Waals surface area contributed by atoms with Crippen molar-refractivity contribution in [2.75, 3.05) is 24.8 Å². The molecule has 6 heteroatoms. The van der Waals surface area contributed by atoms with Crippen LogP contribution in [0.1, 0.15) is 12.5 Å². The van der Waals surface area contributed by atoms with Crippen molar-refractivity contribution in [3.8, 4) is 0 Å². The zero-order chi connectivity index (χ0) is 13.7. The zero-order valence-electron chi connectivity index (χ0n) is 10.5. The van der Waals surface area contributed by atoms with Crippen molar-refractivity contribution >= 4 is 23.6 Å². The number of carbonyl (C=O) groups is 1. The van der Waals surface area contributed by atoms with E-state index in [0.717, 1.165) is 6.21 Å². The van der Waals surface area contributed by atoms with Gasteiger partial charge in [0.1, 0.15) is 6.04 Å². The minimum absolute atomic E-state index is 0.138. The Hall–Kier alpha value is -2.11. The summed E-state index contributed by atoms with van der Waals surface area (Å²) in [4.78, 5) is 11.2. The third-order valence-electron chi connectivity index (χ3n) is 2.52. The number of esters is 1. The number of hydrogen-bond donors (Lipinski definition) is 3. The van der Waals surface area contributed by atoms with E-state index >= 15 is 0 Å². The minimum atomic E-state index is -0.663. The maximum absolute atomic E-state index is 14.0. The van der Waals surface area contributed by atoms with Crippen LogP contribution in [0.4, 0.5) is 15.8 Å². The van der Waals surface area contributed by atoms with Gasteiger partial charge in [-0.25, -0.2) is 9.18 Å². The fourth-order valence-electron chi connectivity index (χ4n) is 1.53. The standard InChI is InChI=1S/C12H16FN3O2/c1-7(12(17)18-3)16-10-5-4-9(15-2)8(6-14)11(10)13/h4-7,14-16H,1-3H3. The molecule has 1 atom stereocenters. The molecule has 98 valence electrons. The maximum atomic E-state index is 14.0. The maximum Gasteiger partial charge on any atom is 0.327 e. The van der Waals surface area contributed by atoms with Crippen molar-refractivity contribution in [2.24, 2.45) is 0 Å². The van der Waals surface area contributed by atoms with E-state index in [1.54, 1.807) is 20.0 Å². The summed E-state index contributed by atoms with van der Waals surface area (Å²) in [5.74, 6) is -1.06. The Balaban J connectivity index is 3.04. The second kappa shape index (κ2) is 6.00. The van der Waals surface area contributed by atoms with Crippen LogP contribution in [0.3, 0.4) is 0 Å². The third kappa shape index (κ3) is 2.77. The van der Waals surface area contributed by atoms with Gasteiger partial charge < -0.3 is 20.8 Å². The van der Waals surface area contributed by atoms with E-state index < -0.39 is 17.8 Å². The number of benzene rings is 1. The topological polar surface area (TPSA) is 74.2 Å². The molecule has 1 aromatic rings. The summed E-state index contributed by atoms with van der Waals surface area (Å²) in [7, 11) is 2.91. The van der Waals surface area contributed by atoms with Crippen LogP contribution in [-0.2, 0) is 9.53 Å². The van der Waals surface area contributed by atoms with Gasteiger partial charge in [0.15, 0.2) is 5.82 Å². The summed E-state index contributed by atoms with van der Waals surface area (Å²) in [5, 5.41) is 12.7. The molecule has 0 aliphatic rings. The van der Waals surface area contributed by atoms with Gasteiger partial charge in [-0.3, -0.25) is 0 Å². The number of hydrogen-bond acceptors (Lipinski definition) is 5. The van der Waals surface area contributed by atoms with Crippen molar-refractivity contribution in [3.05, 3.63) is 23.5 Å². The van der Waals surface area contributed by atoms with Gasteiger partial charge >= 0.3 is 5.97 Å². The molecule has 0 aliphatic carbocycles. The first-order chi connectivity index (χ1) is 8.54. The fraction of sp³-hybridized carbons (Fsp3) is 0.333. The van der Waals surface area contributed by atoms with E-state index in [-0.39, 0.29) is 11.3 Å². The number of rotatable bonds is 5. The van der Waals surface area contributed by atoms with Gasteiger partial charge in [0.2, 0.25) is 0 Å². The van der Waals surface area contributed by atoms with Crippen LogP contribution < -0.4 is 10.6 Å². The van der Waals surface area contributed by atoms with E-state index in [4.69, 9.17) is 5.41 Å². The van der Waals surface area contributed by atoms with Gasteiger partial charge in [-0.15, -0.1) is 0 Å². The molecule has 0 fully saturated rings. The molecule has 0 saturated carbocycles. The van der Waals surface area contributed by atoms with Crippen LogP contribution in [-0.4, -0.2) is 32.4 Å². The van der Waals surface area contributed by atoms with Gasteiger partial charge in [-0.2, -0.15) is 0 Å². The lowest BCUT2D eigenvalue weighted by Crippen LogP contribution is -2.27. The Morgan fingerprint density at radius 2 is 2.11 bits per heavy atom. The van der Waals surface area contributed by atoms with Gasteiger partial charge in [0.25, 0.3) is 0 Å². The number of nitrogens with one attached hydrogen (secondary N) is 3. The molecule has 0 bridgehead atoms. The molecule has 0 spiro atoms. The molecule has 5 nitrogen and oxygen atoms in total. The predicted molar refractivity (Wildman–Crippen MR) is 68.9 cm³/mol. The SMILES string of the molecule is CNc1ccc(NC(C)C(=O)OC)c(F)c1C=N. The highest BCUT2D eigenvalue weighted by Gasteiger charge is 2.17. The monoisotopic (exact) mass is 253 g/mol. The Morgan fingerprint density at radius 1 is 1.50 bits per heavy atom. The summed E-state index contributed by atoms with van der Waals surface area (Å²) >= 11 is 0. The van der Waals surface area contributed by atoms with Gasteiger partial charge in [-0.1, -0.05) is 0 Å². The first-order valence-electron chi connectivity index (χ1n) is 5.40. The number of anilines is 2. The smallest absolute Gasteiger partial charge is 0.327 e. The first-order valence-corrected chi connectivity index (χ1v) is 5.40. The predicted octanol–water partition coefficient (Wildman–Crippen LogP) is 1.84. The fourth-order valence-corrected chi connectivity index (χ4v) is 1.53. The average molecular weight is 253 g/mol. The Labute approximate surface area is 105 Å². The average Bonchev–Trinajstić information content (AvgIpc) is 2.39. The molecule has 1 aromatic carbocycles. The summed E-state index contributed by atoms with van der Waals surface area (Å²) in [6.07, 6.45) is 0.926. The minimum Gasteiger partial charge on any atom is -0.467 e. The summed E-state index contributed by atoms with van der Waals surface area (Å²) < 4.78 is 18.6. The zero-order valence-corrected chi connectivity index (χ0v) is 10.5. The lowest BCUT2D eigenvalue weighted by Gasteiger charge is -2.16. The van der Waals surface area contributed by atoms with Gasteiger partial charge in [-0.05, 0) is 19.1 Å². The number of ether oxygens (including phenoxy) is 1. The second-order valence-corrected chi connectivity index (χ2v) is 3.67. The summed E-state index contributed by atoms with van der Waals surface area (Å²) in [6.45, 7) is 1.57. The number of methoxy groups -OCH3 is 1. The molecule has 0 heterocycles. The number of halogens is 1. The Kier molecular flexibility index (Phi) is 4.65. The molecule has 0 aromatic heterocycles. The van der Waals surface area contributed by atoms with Gasteiger partial charge in [0.05, 0.1) is 18.4 Å². The molecule has 0 aliphatic heterocycles. The molecule has 0 radical (unpaired) electrons. The lowest BCUT2D eigenvalue weighted by molar-refractivity contribution is -0.141. The molecular formula is C12H16FN3O2. The van der Waals surface area contributed by atoms with Crippen molar-refractivity contribution in [3.63, 3.8) is 0 Å². The van der Waals surface area contributed by atoms with Crippen LogP contribution >= 0.6 is 0 Å². The molecule has 0 saturated heterocycles. The summed E-state index contributed by atoms with van der Waals surface area (Å²) in [5.41, 5.74) is 0.809. The normalized spacial score (nSPS) is 11.6. The molecule has 3 N–H and O–H groups in total. The van der Waals surface area contributed by atoms with Crippen LogP contribution in [0.2, 0.25) is 0 Å². The van der Waals surface area contributed by atoms with Gasteiger partial charge in [0, 0.05) is 18.9 Å². The van der Waals surface area contributed by atoms with Crippen LogP contribution in [0, 0.1) is 11.2 Å². The molecule has 1 unspecified atom stereocenters. The van der Waals surface area contributed by atoms with Crippen molar-refractivity contribution in [2.45, 2.75) is 13.0 Å². The lowest BCUT2D eigenvalue weighted by atomic mass is 10.1. The largest absolute Gasteiger partial charge is 0.467 e. The van der Waals surface area contributed by atoms with Crippen LogP contribution in [0.25, 0.3) is 0 Å². The molecular weight excluding hydrogens is 237 g/mol. The van der Waals surface area contributed by atoms with E-state index in [2.05, 4.69) is 15.4 Å². The van der Waals surface area contributed by atoms with Crippen LogP contribution in [0.5, 0.6) is 0 Å². The van der Waals surface area contributed by atoms with E-state index in [1.165, 1.54) is 13.2 Å². The molecule has 18 heavy (non-hydrogen) atoms. The van der Waals surface area contributed by atoms with E-state index in [1.807, 2.05) is 0 Å². The van der Waals surface area contributed by atoms with E-state index in [9.17, 15) is 9.18 Å². The Morgan fingerprint density at radius 3 is 2.61 bits per heavy atom. The quantitative estimate of drug-likeness (QED) is 0.553. The highest BCUT2D eigenvalue weighted by molar-refractivity contribution is 5.88. The first kappa shape index (κ1) is 14.0. The summed E-state index contributed by atoms with van der Waals surface area (Å²) in [6, 6.07) is 2.48. The van der Waals surface area contributed by atoms with Crippen molar-refractivity contribution in [1.29, 1.82) is 5.41 Å². The second-order valence-electron chi connectivity index (χ2n) is 3.67. The Bertz CT molecular complexity index is 463. The highest BCUT2D eigenvalue weighted by Crippen LogP contribution is 2.24. The molecule has 0 amide bonds. The van der Waals surface area contributed by atoms with Crippen LogP contribution in [0.15, 0.2) is 12.1 Å². The van der Waals surface area contributed by atoms with Crippen molar-refractivity contribution in [1.82, 2.24) is 0 Å². The molecule has 1 rings (SSSR count). The third-order valence-corrected chi connectivity index (χ3v) is 2.52. The highest BCUT2D eigenvalue weighted by atomic mass is 19.1. The number of carbonyl (C=O) groups excluding carboxylic acids is 1. The van der Waals surface area contributed by atoms with Crippen molar-refractivity contribution < 1.29 is 13.9 Å².